The Hall–Kier alpha value is -3.83. The summed E-state index contributed by atoms with van der Waals surface area (Å²) in [6.07, 6.45) is -4.79. The number of benzene rings is 2. The highest BCUT2D eigenvalue weighted by Gasteiger charge is 2.33. The number of alkyl halides is 3. The van der Waals surface area contributed by atoms with Crippen LogP contribution in [0.1, 0.15) is 15.9 Å². The van der Waals surface area contributed by atoms with Gasteiger partial charge >= 0.3 is 12.1 Å². The Bertz CT molecular complexity index is 977. The SMILES string of the molecule is COc1ccc(C(=O)OCC(=O)Nc2ccc(C(F)(F)F)cc2[N+](=O)[O-])c(OC)c1. The molecule has 0 aliphatic rings. The molecule has 0 aliphatic heterocycles. The maximum absolute atomic E-state index is 12.7. The van der Waals surface area contributed by atoms with Crippen LogP contribution in [0.3, 0.4) is 0 Å². The molecule has 160 valence electrons. The highest BCUT2D eigenvalue weighted by atomic mass is 19.4. The van der Waals surface area contributed by atoms with E-state index in [9.17, 15) is 32.9 Å². The minimum atomic E-state index is -4.79. The molecular formula is C18H15F3N2O7. The Balaban J connectivity index is 2.09. The third-order valence-corrected chi connectivity index (χ3v) is 3.76. The second-order valence-corrected chi connectivity index (χ2v) is 5.68. The number of nitrogens with one attached hydrogen (secondary N) is 1. The van der Waals surface area contributed by atoms with Gasteiger partial charge in [-0.25, -0.2) is 4.79 Å². The van der Waals surface area contributed by atoms with Crippen molar-refractivity contribution in [2.75, 3.05) is 26.1 Å². The fraction of sp³-hybridized carbons (Fsp3) is 0.222. The number of nitrogens with zero attached hydrogens (tertiary/aromatic N) is 1. The summed E-state index contributed by atoms with van der Waals surface area (Å²) in [7, 11) is 2.72. The summed E-state index contributed by atoms with van der Waals surface area (Å²) in [6.45, 7) is -0.841. The molecule has 0 radical (unpaired) electrons. The van der Waals surface area contributed by atoms with Gasteiger partial charge in [0.05, 0.1) is 24.7 Å². The summed E-state index contributed by atoms with van der Waals surface area (Å²) in [5.41, 5.74) is -2.69. The van der Waals surface area contributed by atoms with E-state index in [2.05, 4.69) is 0 Å². The van der Waals surface area contributed by atoms with Gasteiger partial charge in [-0.2, -0.15) is 13.2 Å². The van der Waals surface area contributed by atoms with Gasteiger partial charge in [0.15, 0.2) is 6.61 Å². The molecule has 9 nitrogen and oxygen atoms in total. The maximum atomic E-state index is 12.7. The quantitative estimate of drug-likeness (QED) is 0.408. The van der Waals surface area contributed by atoms with Crippen molar-refractivity contribution in [2.24, 2.45) is 0 Å². The van der Waals surface area contributed by atoms with Crippen LogP contribution in [0.5, 0.6) is 11.5 Å². The normalized spacial score (nSPS) is 10.8. The lowest BCUT2D eigenvalue weighted by atomic mass is 10.1. The predicted octanol–water partition coefficient (Wildman–Crippen LogP) is 3.43. The lowest BCUT2D eigenvalue weighted by Gasteiger charge is -2.11. The molecule has 0 saturated heterocycles. The van der Waals surface area contributed by atoms with E-state index in [1.54, 1.807) is 0 Å². The highest BCUT2D eigenvalue weighted by Crippen LogP contribution is 2.35. The van der Waals surface area contributed by atoms with Crippen LogP contribution in [0.2, 0.25) is 0 Å². The monoisotopic (exact) mass is 428 g/mol. The summed E-state index contributed by atoms with van der Waals surface area (Å²) < 4.78 is 53.0. The Labute approximate surface area is 167 Å². The zero-order valence-electron chi connectivity index (χ0n) is 15.6. The number of halogens is 3. The molecule has 0 bridgehead atoms. The van der Waals surface area contributed by atoms with Crippen molar-refractivity contribution in [2.45, 2.75) is 6.18 Å². The molecule has 2 aromatic rings. The molecule has 30 heavy (non-hydrogen) atoms. The Morgan fingerprint density at radius 3 is 2.37 bits per heavy atom. The van der Waals surface area contributed by atoms with E-state index in [1.807, 2.05) is 5.32 Å². The number of esters is 1. The Kier molecular flexibility index (Phi) is 6.82. The van der Waals surface area contributed by atoms with E-state index < -0.39 is 46.5 Å². The van der Waals surface area contributed by atoms with Crippen LogP contribution in [0.4, 0.5) is 24.5 Å². The van der Waals surface area contributed by atoms with Crippen LogP contribution >= 0.6 is 0 Å². The van der Waals surface area contributed by atoms with Crippen molar-refractivity contribution >= 4 is 23.3 Å². The molecule has 0 unspecified atom stereocenters. The van der Waals surface area contributed by atoms with Gasteiger partial charge in [0, 0.05) is 12.1 Å². The third kappa shape index (κ3) is 5.37. The molecule has 2 aromatic carbocycles. The van der Waals surface area contributed by atoms with Crippen LogP contribution in [0.15, 0.2) is 36.4 Å². The topological polar surface area (TPSA) is 117 Å². The molecular weight excluding hydrogens is 413 g/mol. The number of anilines is 1. The Morgan fingerprint density at radius 1 is 1.10 bits per heavy atom. The van der Waals surface area contributed by atoms with Crippen molar-refractivity contribution in [3.8, 4) is 11.5 Å². The smallest absolute Gasteiger partial charge is 0.416 e. The van der Waals surface area contributed by atoms with Crippen LogP contribution in [0.25, 0.3) is 0 Å². The largest absolute Gasteiger partial charge is 0.497 e. The van der Waals surface area contributed by atoms with Crippen molar-refractivity contribution in [3.05, 3.63) is 57.6 Å². The van der Waals surface area contributed by atoms with Crippen LogP contribution in [-0.4, -0.2) is 37.6 Å². The zero-order valence-corrected chi connectivity index (χ0v) is 15.6. The first-order chi connectivity index (χ1) is 14.1. The van der Waals surface area contributed by atoms with E-state index in [0.717, 1.165) is 6.07 Å². The molecule has 0 aliphatic carbocycles. The van der Waals surface area contributed by atoms with Gasteiger partial charge in [0.2, 0.25) is 0 Å². The van der Waals surface area contributed by atoms with Crippen molar-refractivity contribution < 1.29 is 41.9 Å². The number of amides is 1. The molecule has 0 atom stereocenters. The number of hydrogen-bond acceptors (Lipinski definition) is 7. The molecule has 0 spiro atoms. The molecule has 0 saturated carbocycles. The minimum absolute atomic E-state index is 0.00777. The van der Waals surface area contributed by atoms with E-state index in [0.29, 0.717) is 17.9 Å². The summed E-state index contributed by atoms with van der Waals surface area (Å²) >= 11 is 0. The van der Waals surface area contributed by atoms with Crippen molar-refractivity contribution in [3.63, 3.8) is 0 Å². The standard InChI is InChI=1S/C18H15F3N2O7/c1-28-11-4-5-12(15(8-11)29-2)17(25)30-9-16(24)22-13-6-3-10(18(19,20)21)7-14(13)23(26)27/h3-8H,9H2,1-2H3,(H,22,24). The van der Waals surface area contributed by atoms with Crippen molar-refractivity contribution in [1.29, 1.82) is 0 Å². The number of carbonyl (C=O) groups excluding carboxylic acids is 2. The molecule has 0 aromatic heterocycles. The number of nitro benzene ring substituents is 1. The van der Waals surface area contributed by atoms with Crippen LogP contribution < -0.4 is 14.8 Å². The lowest BCUT2D eigenvalue weighted by molar-refractivity contribution is -0.384. The second kappa shape index (κ2) is 9.11. The predicted molar refractivity (Wildman–Crippen MR) is 96.6 cm³/mol. The molecule has 1 N–H and O–H groups in total. The average molecular weight is 428 g/mol. The summed E-state index contributed by atoms with van der Waals surface area (Å²) in [5, 5.41) is 13.1. The molecule has 0 heterocycles. The van der Waals surface area contributed by atoms with Gasteiger partial charge in [-0.3, -0.25) is 14.9 Å². The van der Waals surface area contributed by atoms with Crippen LogP contribution in [0, 0.1) is 10.1 Å². The average Bonchev–Trinajstić information content (AvgIpc) is 2.70. The van der Waals surface area contributed by atoms with E-state index in [-0.39, 0.29) is 11.3 Å². The fourth-order valence-electron chi connectivity index (χ4n) is 2.33. The first kappa shape index (κ1) is 22.5. The van der Waals surface area contributed by atoms with E-state index in [4.69, 9.17) is 14.2 Å². The second-order valence-electron chi connectivity index (χ2n) is 5.68. The lowest BCUT2D eigenvalue weighted by Crippen LogP contribution is -2.22. The molecule has 2 rings (SSSR count). The number of rotatable bonds is 7. The van der Waals surface area contributed by atoms with Gasteiger partial charge in [-0.15, -0.1) is 0 Å². The number of hydrogen-bond donors (Lipinski definition) is 1. The highest BCUT2D eigenvalue weighted by molar-refractivity contribution is 5.97. The number of methoxy groups -OCH3 is 2. The van der Waals surface area contributed by atoms with Gasteiger partial charge in [-0.1, -0.05) is 0 Å². The van der Waals surface area contributed by atoms with Gasteiger partial charge < -0.3 is 19.5 Å². The summed E-state index contributed by atoms with van der Waals surface area (Å²) in [5.74, 6) is -1.38. The fourth-order valence-corrected chi connectivity index (χ4v) is 2.33. The van der Waals surface area contributed by atoms with Gasteiger partial charge in [0.1, 0.15) is 22.7 Å². The number of ether oxygens (including phenoxy) is 3. The first-order valence-corrected chi connectivity index (χ1v) is 8.11. The molecule has 12 heteroatoms. The maximum Gasteiger partial charge on any atom is 0.416 e. The van der Waals surface area contributed by atoms with Gasteiger partial charge in [-0.05, 0) is 24.3 Å². The number of nitro groups is 1. The first-order valence-electron chi connectivity index (χ1n) is 8.11. The van der Waals surface area contributed by atoms with Crippen LogP contribution in [-0.2, 0) is 15.7 Å². The van der Waals surface area contributed by atoms with E-state index in [1.165, 1.54) is 32.4 Å². The molecule has 1 amide bonds. The third-order valence-electron chi connectivity index (χ3n) is 3.76. The van der Waals surface area contributed by atoms with E-state index >= 15 is 0 Å². The number of carbonyl (C=O) groups is 2. The summed E-state index contributed by atoms with van der Waals surface area (Å²) in [6, 6.07) is 5.85. The molecule has 0 fully saturated rings. The Morgan fingerprint density at radius 2 is 1.80 bits per heavy atom. The summed E-state index contributed by atoms with van der Waals surface area (Å²) in [4.78, 5) is 34.1. The van der Waals surface area contributed by atoms with Crippen molar-refractivity contribution in [1.82, 2.24) is 0 Å². The van der Waals surface area contributed by atoms with Gasteiger partial charge in [0.25, 0.3) is 11.6 Å². The zero-order chi connectivity index (χ0) is 22.5. The minimum Gasteiger partial charge on any atom is -0.497 e.